The third kappa shape index (κ3) is 2.52. The summed E-state index contributed by atoms with van der Waals surface area (Å²) in [5.74, 6) is 1.03. The summed E-state index contributed by atoms with van der Waals surface area (Å²) in [7, 11) is 0. The van der Waals surface area contributed by atoms with Gasteiger partial charge in [0.05, 0.1) is 26.2 Å². The zero-order valence-electron chi connectivity index (χ0n) is 9.18. The lowest BCUT2D eigenvalue weighted by atomic mass is 9.91. The van der Waals surface area contributed by atoms with E-state index in [-0.39, 0.29) is 0 Å². The van der Waals surface area contributed by atoms with Crippen LogP contribution in [0.1, 0.15) is 38.5 Å². The van der Waals surface area contributed by atoms with Crippen LogP contribution in [0.2, 0.25) is 0 Å². The number of halogens is 1. The average Bonchev–Trinajstić information content (AvgIpc) is 2.24. The molecule has 1 spiro atoms. The van der Waals surface area contributed by atoms with Gasteiger partial charge in [0, 0.05) is 5.33 Å². The van der Waals surface area contributed by atoms with Crippen molar-refractivity contribution in [2.24, 2.45) is 5.92 Å². The minimum atomic E-state index is 1.03. The Morgan fingerprint density at radius 1 is 0.929 bits per heavy atom. The summed E-state index contributed by atoms with van der Waals surface area (Å²) in [5.41, 5.74) is 0. The van der Waals surface area contributed by atoms with Crippen LogP contribution < -0.4 is 0 Å². The first kappa shape index (κ1) is 10.9. The molecule has 2 saturated heterocycles. The van der Waals surface area contributed by atoms with Crippen LogP contribution in [0, 0.1) is 5.92 Å². The van der Waals surface area contributed by atoms with Gasteiger partial charge in [-0.2, -0.15) is 0 Å². The molecule has 1 nitrogen and oxygen atoms in total. The fraction of sp³-hybridized carbons (Fsp3) is 1.00. The van der Waals surface area contributed by atoms with Gasteiger partial charge in [0.25, 0.3) is 0 Å². The second kappa shape index (κ2) is 4.98. The molecule has 0 aliphatic carbocycles. The van der Waals surface area contributed by atoms with Crippen molar-refractivity contribution < 1.29 is 4.48 Å². The van der Waals surface area contributed by atoms with Crippen molar-refractivity contribution in [3.05, 3.63) is 0 Å². The molecule has 0 atom stereocenters. The smallest absolute Gasteiger partial charge is 0.0789 e. The average molecular weight is 261 g/mol. The molecule has 0 unspecified atom stereocenters. The van der Waals surface area contributed by atoms with Gasteiger partial charge < -0.3 is 4.48 Å². The van der Waals surface area contributed by atoms with Gasteiger partial charge in [-0.1, -0.05) is 15.9 Å². The van der Waals surface area contributed by atoms with Crippen LogP contribution in [0.3, 0.4) is 0 Å². The maximum Gasteiger partial charge on any atom is 0.0789 e. The van der Waals surface area contributed by atoms with E-state index in [0.29, 0.717) is 0 Å². The van der Waals surface area contributed by atoms with Crippen molar-refractivity contribution in [3.8, 4) is 0 Å². The summed E-state index contributed by atoms with van der Waals surface area (Å²) in [6.45, 7) is 5.94. The summed E-state index contributed by atoms with van der Waals surface area (Å²) in [4.78, 5) is 0. The first-order valence-corrected chi connectivity index (χ1v) is 7.38. The lowest BCUT2D eigenvalue weighted by molar-refractivity contribution is -0.937. The topological polar surface area (TPSA) is 0 Å². The predicted octanol–water partition coefficient (Wildman–Crippen LogP) is 3.18. The minimum absolute atomic E-state index is 1.03. The number of quaternary nitrogens is 1. The lowest BCUT2D eigenvalue weighted by Gasteiger charge is -2.46. The Labute approximate surface area is 96.6 Å². The normalized spacial score (nSPS) is 28.1. The van der Waals surface area contributed by atoms with E-state index in [1.807, 2.05) is 0 Å². The Bertz CT molecular complexity index is 165. The highest BCUT2D eigenvalue weighted by atomic mass is 79.9. The molecule has 0 radical (unpaired) electrons. The van der Waals surface area contributed by atoms with Crippen molar-refractivity contribution in [1.29, 1.82) is 0 Å². The van der Waals surface area contributed by atoms with E-state index >= 15 is 0 Å². The summed E-state index contributed by atoms with van der Waals surface area (Å²) in [5, 5.41) is 1.21. The van der Waals surface area contributed by atoms with Gasteiger partial charge in [0.15, 0.2) is 0 Å². The van der Waals surface area contributed by atoms with E-state index in [1.54, 1.807) is 0 Å². The van der Waals surface area contributed by atoms with Gasteiger partial charge >= 0.3 is 0 Å². The molecule has 0 aromatic heterocycles. The monoisotopic (exact) mass is 260 g/mol. The van der Waals surface area contributed by atoms with E-state index in [4.69, 9.17) is 0 Å². The van der Waals surface area contributed by atoms with Crippen LogP contribution in [-0.4, -0.2) is 36.0 Å². The molecule has 2 rings (SSSR count). The van der Waals surface area contributed by atoms with E-state index < -0.39 is 0 Å². The van der Waals surface area contributed by atoms with Crippen LogP contribution in [-0.2, 0) is 0 Å². The Morgan fingerprint density at radius 2 is 1.57 bits per heavy atom. The summed E-state index contributed by atoms with van der Waals surface area (Å²) >= 11 is 3.57. The second-order valence-electron chi connectivity index (χ2n) is 5.22. The molecule has 2 fully saturated rings. The van der Waals surface area contributed by atoms with Crippen LogP contribution in [0.25, 0.3) is 0 Å². The molecule has 0 aromatic carbocycles. The first-order valence-electron chi connectivity index (χ1n) is 6.26. The van der Waals surface area contributed by atoms with Crippen molar-refractivity contribution in [2.75, 3.05) is 31.5 Å². The Balaban J connectivity index is 1.81. The fourth-order valence-corrected chi connectivity index (χ4v) is 3.89. The van der Waals surface area contributed by atoms with Crippen LogP contribution in [0.15, 0.2) is 0 Å². The number of hydrogen-bond donors (Lipinski definition) is 0. The van der Waals surface area contributed by atoms with Crippen molar-refractivity contribution in [1.82, 2.24) is 0 Å². The minimum Gasteiger partial charge on any atom is -0.324 e. The third-order valence-electron chi connectivity index (χ3n) is 4.31. The molecule has 82 valence electrons. The molecule has 2 aliphatic heterocycles. The van der Waals surface area contributed by atoms with Gasteiger partial charge in [-0.15, -0.1) is 0 Å². The maximum absolute atomic E-state index is 3.57. The van der Waals surface area contributed by atoms with Crippen molar-refractivity contribution >= 4 is 15.9 Å². The zero-order valence-corrected chi connectivity index (χ0v) is 10.8. The Morgan fingerprint density at radius 3 is 2.14 bits per heavy atom. The van der Waals surface area contributed by atoms with Crippen molar-refractivity contribution in [3.63, 3.8) is 0 Å². The number of nitrogens with zero attached hydrogens (tertiary/aromatic N) is 1. The highest BCUT2D eigenvalue weighted by Gasteiger charge is 2.34. The highest BCUT2D eigenvalue weighted by Crippen LogP contribution is 2.29. The molecular weight excluding hydrogens is 238 g/mol. The van der Waals surface area contributed by atoms with E-state index in [9.17, 15) is 0 Å². The largest absolute Gasteiger partial charge is 0.324 e. The second-order valence-corrected chi connectivity index (χ2v) is 6.01. The molecule has 2 aliphatic rings. The lowest BCUT2D eigenvalue weighted by Crippen LogP contribution is -2.55. The van der Waals surface area contributed by atoms with E-state index in [0.717, 1.165) is 5.92 Å². The molecule has 0 N–H and O–H groups in total. The van der Waals surface area contributed by atoms with Gasteiger partial charge in [-0.05, 0) is 44.4 Å². The molecule has 2 heterocycles. The summed E-state index contributed by atoms with van der Waals surface area (Å²) in [6.07, 6.45) is 8.86. The number of rotatable bonds is 2. The predicted molar refractivity (Wildman–Crippen MR) is 64.7 cm³/mol. The SMILES string of the molecule is BrCCC1CC[N+]2(CCCCC2)CC1. The zero-order chi connectivity index (χ0) is 9.86. The maximum atomic E-state index is 3.57. The number of hydrogen-bond acceptors (Lipinski definition) is 0. The Hall–Kier alpha value is 0.440. The van der Waals surface area contributed by atoms with Gasteiger partial charge in [0.2, 0.25) is 0 Å². The molecule has 2 heteroatoms. The van der Waals surface area contributed by atoms with Gasteiger partial charge in [-0.3, -0.25) is 0 Å². The first-order chi connectivity index (χ1) is 6.85. The quantitative estimate of drug-likeness (QED) is 0.529. The molecule has 14 heavy (non-hydrogen) atoms. The molecule has 0 bridgehead atoms. The van der Waals surface area contributed by atoms with Crippen LogP contribution >= 0.6 is 15.9 Å². The van der Waals surface area contributed by atoms with E-state index in [1.165, 1.54) is 74.5 Å². The molecule has 0 aromatic rings. The summed E-state index contributed by atoms with van der Waals surface area (Å²) in [6, 6.07) is 0. The highest BCUT2D eigenvalue weighted by molar-refractivity contribution is 9.09. The van der Waals surface area contributed by atoms with Crippen molar-refractivity contribution in [2.45, 2.75) is 38.5 Å². The fourth-order valence-electron chi connectivity index (χ4n) is 3.24. The molecule has 0 saturated carbocycles. The van der Waals surface area contributed by atoms with Gasteiger partial charge in [-0.25, -0.2) is 0 Å². The molecular formula is C12H23BrN+. The summed E-state index contributed by atoms with van der Waals surface area (Å²) < 4.78 is 1.48. The third-order valence-corrected chi connectivity index (χ3v) is 4.76. The standard InChI is InChI=1S/C12H23BrN/c13-7-4-12-5-10-14(11-6-12)8-2-1-3-9-14/h12H,1-11H2/q+1. The van der Waals surface area contributed by atoms with Crippen LogP contribution in [0.5, 0.6) is 0 Å². The number of piperidine rings is 2. The van der Waals surface area contributed by atoms with Crippen LogP contribution in [0.4, 0.5) is 0 Å². The number of alkyl halides is 1. The van der Waals surface area contributed by atoms with Gasteiger partial charge in [0.1, 0.15) is 0 Å². The van der Waals surface area contributed by atoms with E-state index in [2.05, 4.69) is 15.9 Å². The molecule has 0 amide bonds. The Kier molecular flexibility index (Phi) is 3.89.